The van der Waals surface area contributed by atoms with Gasteiger partial charge < -0.3 is 30.7 Å². The van der Waals surface area contributed by atoms with Crippen LogP contribution in [0.2, 0.25) is 0 Å². The van der Waals surface area contributed by atoms with Crippen LogP contribution in [0.3, 0.4) is 0 Å². The zero-order chi connectivity index (χ0) is 24.1. The van der Waals surface area contributed by atoms with Gasteiger partial charge in [-0.15, -0.1) is 0 Å². The largest absolute Gasteiger partial charge is 0.368 e. The van der Waals surface area contributed by atoms with E-state index in [1.165, 1.54) is 13.1 Å². The summed E-state index contributed by atoms with van der Waals surface area (Å²) in [5, 5.41) is 4.13. The number of nitrogens with one attached hydrogen (secondary N) is 2. The minimum Gasteiger partial charge on any atom is -0.368 e. The van der Waals surface area contributed by atoms with Crippen molar-refractivity contribution in [1.29, 1.82) is 0 Å². The Morgan fingerprint density at radius 1 is 1.03 bits per heavy atom. The molecule has 0 bridgehead atoms. The highest BCUT2D eigenvalue weighted by Gasteiger charge is 2.22. The van der Waals surface area contributed by atoms with Gasteiger partial charge in [-0.3, -0.25) is 4.79 Å². The molecule has 0 aromatic carbocycles. The number of hydrogen-bond donors (Lipinski definition) is 3. The SMILES string of the molecule is CCc1cc(-c2c[nH]c3ncc(C(=O)N4CCN(C)CC4)cc23)nc(N)n1.CN1CCNCC1. The third-order valence-corrected chi connectivity index (χ3v) is 6.34. The zero-order valence-electron chi connectivity index (χ0n) is 20.3. The lowest BCUT2D eigenvalue weighted by Crippen LogP contribution is -2.47. The molecule has 34 heavy (non-hydrogen) atoms. The molecular weight excluding hydrogens is 430 g/mol. The van der Waals surface area contributed by atoms with Gasteiger partial charge >= 0.3 is 0 Å². The molecular formula is C24H35N9O. The maximum atomic E-state index is 12.9. The van der Waals surface area contributed by atoms with E-state index in [0.29, 0.717) is 5.56 Å². The quantitative estimate of drug-likeness (QED) is 0.526. The van der Waals surface area contributed by atoms with Crippen LogP contribution in [0.1, 0.15) is 23.0 Å². The van der Waals surface area contributed by atoms with E-state index in [0.717, 1.165) is 73.7 Å². The Hall–Kier alpha value is -3.08. The Labute approximate surface area is 200 Å². The van der Waals surface area contributed by atoms with Gasteiger partial charge in [-0.2, -0.15) is 0 Å². The molecule has 0 unspecified atom stereocenters. The van der Waals surface area contributed by atoms with E-state index in [4.69, 9.17) is 5.73 Å². The van der Waals surface area contributed by atoms with E-state index in [1.54, 1.807) is 6.20 Å². The molecule has 182 valence electrons. The van der Waals surface area contributed by atoms with Crippen LogP contribution in [-0.2, 0) is 6.42 Å². The van der Waals surface area contributed by atoms with E-state index < -0.39 is 0 Å². The van der Waals surface area contributed by atoms with Crippen LogP contribution in [-0.4, -0.2) is 107 Å². The van der Waals surface area contributed by atoms with Gasteiger partial charge in [0, 0.05) is 81.4 Å². The second-order valence-electron chi connectivity index (χ2n) is 8.93. The van der Waals surface area contributed by atoms with Crippen LogP contribution in [0.4, 0.5) is 5.95 Å². The second-order valence-corrected chi connectivity index (χ2v) is 8.93. The molecule has 3 aromatic rings. The number of anilines is 1. The maximum Gasteiger partial charge on any atom is 0.255 e. The predicted octanol–water partition coefficient (Wildman–Crippen LogP) is 1.07. The van der Waals surface area contributed by atoms with Gasteiger partial charge in [-0.1, -0.05) is 6.92 Å². The summed E-state index contributed by atoms with van der Waals surface area (Å²) in [4.78, 5) is 35.5. The molecule has 2 aliphatic heterocycles. The number of pyridine rings is 1. The normalized spacial score (nSPS) is 17.4. The number of carbonyl (C=O) groups excluding carboxylic acids is 1. The Morgan fingerprint density at radius 3 is 2.38 bits per heavy atom. The fourth-order valence-electron chi connectivity index (χ4n) is 4.14. The van der Waals surface area contributed by atoms with Gasteiger partial charge in [-0.05, 0) is 32.6 Å². The molecule has 3 aromatic heterocycles. The predicted molar refractivity (Wildman–Crippen MR) is 135 cm³/mol. The fourth-order valence-corrected chi connectivity index (χ4v) is 4.14. The van der Waals surface area contributed by atoms with Gasteiger partial charge in [0.05, 0.1) is 11.3 Å². The second kappa shape index (κ2) is 10.9. The smallest absolute Gasteiger partial charge is 0.255 e. The number of nitrogens with two attached hydrogens (primary N) is 1. The summed E-state index contributed by atoms with van der Waals surface area (Å²) in [6, 6.07) is 3.81. The number of likely N-dealkylation sites (N-methyl/N-ethyl adjacent to an activating group) is 2. The number of nitrogen functional groups attached to an aromatic ring is 1. The van der Waals surface area contributed by atoms with Crippen molar-refractivity contribution in [1.82, 2.24) is 40.0 Å². The molecule has 1 amide bonds. The number of amides is 1. The molecule has 4 N–H and O–H groups in total. The summed E-state index contributed by atoms with van der Waals surface area (Å²) >= 11 is 0. The lowest BCUT2D eigenvalue weighted by Gasteiger charge is -2.32. The number of aromatic nitrogens is 4. The first-order chi connectivity index (χ1) is 16.4. The lowest BCUT2D eigenvalue weighted by molar-refractivity contribution is 0.0664. The molecule has 0 radical (unpaired) electrons. The minimum atomic E-state index is 0.0149. The number of piperazine rings is 2. The first kappa shape index (κ1) is 24.1. The van der Waals surface area contributed by atoms with Gasteiger partial charge in [0.1, 0.15) is 5.65 Å². The summed E-state index contributed by atoms with van der Waals surface area (Å²) < 4.78 is 0. The highest BCUT2D eigenvalue weighted by molar-refractivity contribution is 6.00. The van der Waals surface area contributed by atoms with E-state index >= 15 is 0 Å². The lowest BCUT2D eigenvalue weighted by atomic mass is 10.1. The Balaban J connectivity index is 0.000000336. The number of aromatic amines is 1. The van der Waals surface area contributed by atoms with Crippen molar-refractivity contribution in [3.05, 3.63) is 35.8 Å². The first-order valence-electron chi connectivity index (χ1n) is 11.9. The van der Waals surface area contributed by atoms with E-state index in [2.05, 4.69) is 49.1 Å². The summed E-state index contributed by atoms with van der Waals surface area (Å²) in [6.07, 6.45) is 4.26. The monoisotopic (exact) mass is 465 g/mol. The molecule has 10 nitrogen and oxygen atoms in total. The molecule has 0 saturated carbocycles. The Morgan fingerprint density at radius 2 is 1.74 bits per heavy atom. The molecule has 2 saturated heterocycles. The molecule has 0 spiro atoms. The van der Waals surface area contributed by atoms with Crippen LogP contribution >= 0.6 is 0 Å². The van der Waals surface area contributed by atoms with Crippen molar-refractivity contribution in [3.8, 4) is 11.3 Å². The van der Waals surface area contributed by atoms with Crippen LogP contribution in [0.15, 0.2) is 24.5 Å². The molecule has 0 aliphatic carbocycles. The van der Waals surface area contributed by atoms with Gasteiger partial charge in [0.2, 0.25) is 5.95 Å². The Bertz CT molecular complexity index is 1110. The average molecular weight is 466 g/mol. The third kappa shape index (κ3) is 5.69. The van der Waals surface area contributed by atoms with E-state index in [1.807, 2.05) is 30.2 Å². The summed E-state index contributed by atoms with van der Waals surface area (Å²) in [5.41, 5.74) is 9.65. The fraction of sp³-hybridized carbons (Fsp3) is 0.500. The molecule has 5 rings (SSSR count). The van der Waals surface area contributed by atoms with Crippen molar-refractivity contribution in [2.75, 3.05) is 72.2 Å². The molecule has 10 heteroatoms. The van der Waals surface area contributed by atoms with E-state index in [9.17, 15) is 4.79 Å². The number of carbonyl (C=O) groups is 1. The molecule has 0 atom stereocenters. The summed E-state index contributed by atoms with van der Waals surface area (Å²) in [6.45, 7) is 10.0. The van der Waals surface area contributed by atoms with Gasteiger partial charge in [-0.25, -0.2) is 15.0 Å². The van der Waals surface area contributed by atoms with Crippen LogP contribution in [0, 0.1) is 0 Å². The van der Waals surface area contributed by atoms with Crippen molar-refractivity contribution in [2.45, 2.75) is 13.3 Å². The number of fused-ring (bicyclic) bond motifs is 1. The molecule has 2 fully saturated rings. The van der Waals surface area contributed by atoms with Crippen molar-refractivity contribution in [3.63, 3.8) is 0 Å². The Kier molecular flexibility index (Phi) is 7.71. The average Bonchev–Trinajstić information content (AvgIpc) is 3.28. The van der Waals surface area contributed by atoms with Gasteiger partial charge in [0.25, 0.3) is 5.91 Å². The standard InChI is InChI=1S/C19H23N7O.C5H12N2/c1-3-13-9-16(24-19(20)23-13)15-11-22-17-14(15)8-12(10-21-17)18(27)26-6-4-25(2)5-7-26;1-7-4-2-6-3-5-7/h8-11H,3-7H2,1-2H3,(H,21,22)(H2,20,23,24);6H,2-5H2,1H3. The topological polar surface area (TPSA) is 119 Å². The molecule has 2 aliphatic rings. The number of hydrogen-bond acceptors (Lipinski definition) is 8. The van der Waals surface area contributed by atoms with Crippen LogP contribution in [0.5, 0.6) is 0 Å². The van der Waals surface area contributed by atoms with E-state index in [-0.39, 0.29) is 11.9 Å². The summed E-state index contributed by atoms with van der Waals surface area (Å²) in [5.74, 6) is 0.262. The van der Waals surface area contributed by atoms with Crippen molar-refractivity contribution in [2.24, 2.45) is 0 Å². The number of rotatable bonds is 3. The van der Waals surface area contributed by atoms with Crippen LogP contribution < -0.4 is 11.1 Å². The number of H-pyrrole nitrogens is 1. The highest BCUT2D eigenvalue weighted by Crippen LogP contribution is 2.28. The first-order valence-corrected chi connectivity index (χ1v) is 11.9. The van der Waals surface area contributed by atoms with Gasteiger partial charge in [0.15, 0.2) is 0 Å². The minimum absolute atomic E-state index is 0.0149. The number of nitrogens with zero attached hydrogens (tertiary/aromatic N) is 6. The number of aryl methyl sites for hydroxylation is 1. The molecule has 5 heterocycles. The maximum absolute atomic E-state index is 12.9. The van der Waals surface area contributed by atoms with Crippen molar-refractivity contribution < 1.29 is 4.79 Å². The zero-order valence-corrected chi connectivity index (χ0v) is 20.3. The summed E-state index contributed by atoms with van der Waals surface area (Å²) in [7, 11) is 4.22. The van der Waals surface area contributed by atoms with Crippen molar-refractivity contribution >= 4 is 22.9 Å². The third-order valence-electron chi connectivity index (χ3n) is 6.34. The van der Waals surface area contributed by atoms with Crippen LogP contribution in [0.25, 0.3) is 22.3 Å². The highest BCUT2D eigenvalue weighted by atomic mass is 16.2.